The standard InChI is InChI=1S/C14H22FNO2/c1-14(2,3)13(4-5-17)16-9-10-6-11(15)8-12(18)7-10/h6-8,13,16-18H,4-5,9H2,1-3H3. The number of aliphatic hydroxyl groups excluding tert-OH is 1. The van der Waals surface area contributed by atoms with Gasteiger partial charge in [-0.2, -0.15) is 0 Å². The molecule has 0 radical (unpaired) electrons. The SMILES string of the molecule is CC(C)(C)C(CCO)NCc1cc(O)cc(F)c1. The van der Waals surface area contributed by atoms with Crippen molar-refractivity contribution >= 4 is 0 Å². The molecule has 0 aliphatic carbocycles. The smallest absolute Gasteiger partial charge is 0.127 e. The van der Waals surface area contributed by atoms with Crippen molar-refractivity contribution in [1.82, 2.24) is 5.32 Å². The van der Waals surface area contributed by atoms with Crippen LogP contribution in [0.1, 0.15) is 32.8 Å². The zero-order valence-electron chi connectivity index (χ0n) is 11.2. The van der Waals surface area contributed by atoms with Crippen LogP contribution in [0.4, 0.5) is 4.39 Å². The van der Waals surface area contributed by atoms with Gasteiger partial charge in [-0.3, -0.25) is 0 Å². The van der Waals surface area contributed by atoms with Crippen molar-refractivity contribution in [2.45, 2.75) is 39.8 Å². The maximum Gasteiger partial charge on any atom is 0.127 e. The number of hydrogen-bond donors (Lipinski definition) is 3. The number of aliphatic hydroxyl groups is 1. The van der Waals surface area contributed by atoms with E-state index >= 15 is 0 Å². The quantitative estimate of drug-likeness (QED) is 0.757. The molecule has 0 aliphatic heterocycles. The van der Waals surface area contributed by atoms with Gasteiger partial charge in [0.1, 0.15) is 11.6 Å². The number of aromatic hydroxyl groups is 1. The van der Waals surface area contributed by atoms with E-state index in [-0.39, 0.29) is 23.8 Å². The van der Waals surface area contributed by atoms with E-state index in [1.165, 1.54) is 12.1 Å². The molecule has 0 aliphatic rings. The highest BCUT2D eigenvalue weighted by molar-refractivity contribution is 5.28. The van der Waals surface area contributed by atoms with Crippen LogP contribution in [0.15, 0.2) is 18.2 Å². The Morgan fingerprint density at radius 1 is 1.28 bits per heavy atom. The molecule has 1 unspecified atom stereocenters. The first-order valence-electron chi connectivity index (χ1n) is 6.15. The van der Waals surface area contributed by atoms with Gasteiger partial charge in [-0.25, -0.2) is 4.39 Å². The number of halogens is 1. The lowest BCUT2D eigenvalue weighted by Crippen LogP contribution is -2.40. The van der Waals surface area contributed by atoms with Crippen molar-refractivity contribution in [3.05, 3.63) is 29.6 Å². The molecule has 0 heterocycles. The first kappa shape index (κ1) is 14.9. The second kappa shape index (κ2) is 6.16. The van der Waals surface area contributed by atoms with Gasteiger partial charge in [0, 0.05) is 25.3 Å². The zero-order chi connectivity index (χ0) is 13.8. The Kier molecular flexibility index (Phi) is 5.11. The molecule has 102 valence electrons. The predicted octanol–water partition coefficient (Wildman–Crippen LogP) is 2.42. The van der Waals surface area contributed by atoms with E-state index in [4.69, 9.17) is 5.11 Å². The van der Waals surface area contributed by atoms with Gasteiger partial charge in [0.25, 0.3) is 0 Å². The summed E-state index contributed by atoms with van der Waals surface area (Å²) in [7, 11) is 0. The summed E-state index contributed by atoms with van der Waals surface area (Å²) < 4.78 is 13.1. The van der Waals surface area contributed by atoms with Crippen LogP contribution in [0.2, 0.25) is 0 Å². The molecule has 0 amide bonds. The molecule has 4 heteroatoms. The molecule has 1 atom stereocenters. The largest absolute Gasteiger partial charge is 0.508 e. The fraction of sp³-hybridized carbons (Fsp3) is 0.571. The summed E-state index contributed by atoms with van der Waals surface area (Å²) in [5.74, 6) is -0.512. The minimum atomic E-state index is -0.443. The Hall–Kier alpha value is -1.13. The highest BCUT2D eigenvalue weighted by Crippen LogP contribution is 2.22. The number of benzene rings is 1. The molecule has 0 saturated carbocycles. The van der Waals surface area contributed by atoms with Crippen LogP contribution in [-0.4, -0.2) is 22.9 Å². The van der Waals surface area contributed by atoms with Crippen LogP contribution in [0, 0.1) is 11.2 Å². The highest BCUT2D eigenvalue weighted by atomic mass is 19.1. The first-order chi connectivity index (χ1) is 8.32. The zero-order valence-corrected chi connectivity index (χ0v) is 11.2. The second-order valence-electron chi connectivity index (χ2n) is 5.63. The summed E-state index contributed by atoms with van der Waals surface area (Å²) in [5, 5.41) is 21.7. The van der Waals surface area contributed by atoms with Gasteiger partial charge in [0.05, 0.1) is 0 Å². The third-order valence-electron chi connectivity index (χ3n) is 2.96. The summed E-state index contributed by atoms with van der Waals surface area (Å²) in [6.07, 6.45) is 0.644. The average Bonchev–Trinajstić information content (AvgIpc) is 2.21. The van der Waals surface area contributed by atoms with Gasteiger partial charge >= 0.3 is 0 Å². The van der Waals surface area contributed by atoms with Gasteiger partial charge in [0.15, 0.2) is 0 Å². The van der Waals surface area contributed by atoms with Crippen LogP contribution in [0.5, 0.6) is 5.75 Å². The van der Waals surface area contributed by atoms with Crippen molar-refractivity contribution in [2.75, 3.05) is 6.61 Å². The van der Waals surface area contributed by atoms with E-state index in [1.807, 2.05) is 0 Å². The van der Waals surface area contributed by atoms with Crippen molar-refractivity contribution in [3.63, 3.8) is 0 Å². The first-order valence-corrected chi connectivity index (χ1v) is 6.15. The predicted molar refractivity (Wildman–Crippen MR) is 69.9 cm³/mol. The van der Waals surface area contributed by atoms with Gasteiger partial charge < -0.3 is 15.5 Å². The Labute approximate surface area is 108 Å². The van der Waals surface area contributed by atoms with E-state index in [1.54, 1.807) is 0 Å². The highest BCUT2D eigenvalue weighted by Gasteiger charge is 2.23. The van der Waals surface area contributed by atoms with E-state index in [0.717, 1.165) is 6.07 Å². The van der Waals surface area contributed by atoms with Crippen molar-refractivity contribution < 1.29 is 14.6 Å². The Morgan fingerprint density at radius 2 is 1.94 bits per heavy atom. The normalized spacial score (nSPS) is 13.6. The molecule has 0 aromatic heterocycles. The van der Waals surface area contributed by atoms with Crippen LogP contribution in [0.3, 0.4) is 0 Å². The Balaban J connectivity index is 2.67. The van der Waals surface area contributed by atoms with E-state index in [0.29, 0.717) is 18.5 Å². The lowest BCUT2D eigenvalue weighted by atomic mass is 9.85. The fourth-order valence-corrected chi connectivity index (χ4v) is 1.95. The molecule has 18 heavy (non-hydrogen) atoms. The number of rotatable bonds is 5. The fourth-order valence-electron chi connectivity index (χ4n) is 1.95. The maximum absolute atomic E-state index is 13.1. The maximum atomic E-state index is 13.1. The molecule has 3 nitrogen and oxygen atoms in total. The monoisotopic (exact) mass is 255 g/mol. The third-order valence-corrected chi connectivity index (χ3v) is 2.96. The summed E-state index contributed by atoms with van der Waals surface area (Å²) in [5.41, 5.74) is 0.706. The average molecular weight is 255 g/mol. The Bertz CT molecular complexity index is 368. The van der Waals surface area contributed by atoms with Crippen LogP contribution >= 0.6 is 0 Å². The van der Waals surface area contributed by atoms with Gasteiger partial charge in [0.2, 0.25) is 0 Å². The van der Waals surface area contributed by atoms with Crippen molar-refractivity contribution in [3.8, 4) is 5.75 Å². The van der Waals surface area contributed by atoms with Gasteiger partial charge in [-0.15, -0.1) is 0 Å². The molecule has 3 N–H and O–H groups in total. The molecular weight excluding hydrogens is 233 g/mol. The molecule has 1 aromatic carbocycles. The molecule has 1 rings (SSSR count). The summed E-state index contributed by atoms with van der Waals surface area (Å²) in [4.78, 5) is 0. The molecule has 0 spiro atoms. The lowest BCUT2D eigenvalue weighted by molar-refractivity contribution is 0.196. The molecule has 0 saturated heterocycles. The lowest BCUT2D eigenvalue weighted by Gasteiger charge is -2.31. The molecule has 1 aromatic rings. The van der Waals surface area contributed by atoms with Crippen LogP contribution in [-0.2, 0) is 6.54 Å². The van der Waals surface area contributed by atoms with Crippen LogP contribution in [0.25, 0.3) is 0 Å². The number of nitrogens with one attached hydrogen (secondary N) is 1. The minimum Gasteiger partial charge on any atom is -0.508 e. The summed E-state index contributed by atoms with van der Waals surface area (Å²) in [6.45, 7) is 6.84. The second-order valence-corrected chi connectivity index (χ2v) is 5.63. The third kappa shape index (κ3) is 4.63. The molecule has 0 fully saturated rings. The summed E-state index contributed by atoms with van der Waals surface area (Å²) >= 11 is 0. The Morgan fingerprint density at radius 3 is 2.44 bits per heavy atom. The topological polar surface area (TPSA) is 52.5 Å². The molecule has 0 bridgehead atoms. The molecular formula is C14H22FNO2. The van der Waals surface area contributed by atoms with Crippen molar-refractivity contribution in [2.24, 2.45) is 5.41 Å². The van der Waals surface area contributed by atoms with Crippen molar-refractivity contribution in [1.29, 1.82) is 0 Å². The van der Waals surface area contributed by atoms with Gasteiger partial charge in [-0.1, -0.05) is 20.8 Å². The van der Waals surface area contributed by atoms with Gasteiger partial charge in [-0.05, 0) is 29.5 Å². The minimum absolute atomic E-state index is 0.0120. The number of phenols is 1. The van der Waals surface area contributed by atoms with E-state index in [2.05, 4.69) is 26.1 Å². The number of hydrogen-bond acceptors (Lipinski definition) is 3. The number of phenolic OH excluding ortho intramolecular Hbond substituents is 1. The van der Waals surface area contributed by atoms with E-state index < -0.39 is 5.82 Å². The van der Waals surface area contributed by atoms with Crippen LogP contribution < -0.4 is 5.32 Å². The van der Waals surface area contributed by atoms with E-state index in [9.17, 15) is 9.50 Å². The summed E-state index contributed by atoms with van der Waals surface area (Å²) in [6, 6.07) is 4.14.